The molecule has 0 aromatic heterocycles. The lowest BCUT2D eigenvalue weighted by molar-refractivity contribution is -0.151. The first kappa shape index (κ1) is 12.1. The summed E-state index contributed by atoms with van der Waals surface area (Å²) >= 11 is 0. The molecule has 3 heteroatoms. The Bertz CT molecular complexity index is 399. The molecule has 1 aliphatic rings. The van der Waals surface area contributed by atoms with Crippen LogP contribution < -0.4 is 0 Å². The van der Waals surface area contributed by atoms with Gasteiger partial charge in [0, 0.05) is 12.8 Å². The number of carboxylic acids is 1. The molecule has 0 fully saturated rings. The van der Waals surface area contributed by atoms with Crippen LogP contribution in [0.2, 0.25) is 0 Å². The normalized spacial score (nSPS) is 17.1. The highest BCUT2D eigenvalue weighted by Crippen LogP contribution is 2.34. The number of rotatable bonds is 4. The Balaban J connectivity index is 2.38. The van der Waals surface area contributed by atoms with E-state index in [1.165, 1.54) is 11.1 Å². The van der Waals surface area contributed by atoms with Gasteiger partial charge in [-0.25, -0.2) is 0 Å². The molecule has 0 aliphatic heterocycles. The van der Waals surface area contributed by atoms with E-state index in [1.54, 1.807) is 0 Å². The number of aliphatic carboxylic acids is 1. The van der Waals surface area contributed by atoms with Gasteiger partial charge >= 0.3 is 5.97 Å². The van der Waals surface area contributed by atoms with Gasteiger partial charge in [0.05, 0.1) is 0 Å². The molecule has 3 nitrogen and oxygen atoms in total. The molecule has 1 aromatic rings. The second-order valence-electron chi connectivity index (χ2n) is 4.63. The third-order valence-corrected chi connectivity index (χ3v) is 3.85. The summed E-state index contributed by atoms with van der Waals surface area (Å²) in [5.74, 6) is -0.697. The van der Waals surface area contributed by atoms with Crippen LogP contribution in [0.5, 0.6) is 0 Å². The first-order valence-electron chi connectivity index (χ1n) is 6.19. The molecular weight excluding hydrogens is 214 g/mol. The van der Waals surface area contributed by atoms with Crippen LogP contribution in [0.1, 0.15) is 25.0 Å². The molecule has 2 rings (SSSR count). The molecule has 92 valence electrons. The Kier molecular flexibility index (Phi) is 3.20. The lowest BCUT2D eigenvalue weighted by atomic mass is 9.93. The minimum absolute atomic E-state index is 0.625. The van der Waals surface area contributed by atoms with Gasteiger partial charge in [-0.05, 0) is 24.2 Å². The second kappa shape index (κ2) is 4.49. The fraction of sp³-hybridized carbons (Fsp3) is 0.500. The van der Waals surface area contributed by atoms with Crippen molar-refractivity contribution < 1.29 is 9.90 Å². The van der Waals surface area contributed by atoms with Gasteiger partial charge in [-0.15, -0.1) is 0 Å². The molecule has 0 spiro atoms. The molecule has 0 amide bonds. The molecule has 0 radical (unpaired) electrons. The maximum Gasteiger partial charge on any atom is 0.324 e. The zero-order valence-electron chi connectivity index (χ0n) is 10.4. The van der Waals surface area contributed by atoms with Gasteiger partial charge < -0.3 is 5.11 Å². The summed E-state index contributed by atoms with van der Waals surface area (Å²) in [5, 5.41) is 9.63. The fourth-order valence-corrected chi connectivity index (χ4v) is 2.93. The van der Waals surface area contributed by atoms with E-state index in [2.05, 4.69) is 4.90 Å². The average molecular weight is 233 g/mol. The summed E-state index contributed by atoms with van der Waals surface area (Å²) < 4.78 is 0. The van der Waals surface area contributed by atoms with Crippen LogP contribution in [0, 0.1) is 0 Å². The van der Waals surface area contributed by atoms with Gasteiger partial charge in [-0.2, -0.15) is 0 Å². The summed E-state index contributed by atoms with van der Waals surface area (Å²) in [6.45, 7) is 5.60. The Morgan fingerprint density at radius 3 is 2.06 bits per heavy atom. The molecule has 0 saturated heterocycles. The summed E-state index contributed by atoms with van der Waals surface area (Å²) in [4.78, 5) is 13.8. The van der Waals surface area contributed by atoms with Gasteiger partial charge in [0.2, 0.25) is 0 Å². The zero-order valence-corrected chi connectivity index (χ0v) is 10.4. The van der Waals surface area contributed by atoms with E-state index >= 15 is 0 Å². The monoisotopic (exact) mass is 233 g/mol. The van der Waals surface area contributed by atoms with Crippen LogP contribution in [0.15, 0.2) is 24.3 Å². The number of hydrogen-bond donors (Lipinski definition) is 1. The van der Waals surface area contributed by atoms with Crippen molar-refractivity contribution in [1.82, 2.24) is 4.90 Å². The molecule has 0 heterocycles. The molecular formula is C14H19NO2. The highest BCUT2D eigenvalue weighted by Gasteiger charge is 2.47. The van der Waals surface area contributed by atoms with E-state index in [-0.39, 0.29) is 0 Å². The quantitative estimate of drug-likeness (QED) is 0.864. The fourth-order valence-electron chi connectivity index (χ4n) is 2.93. The minimum Gasteiger partial charge on any atom is -0.480 e. The molecule has 0 bridgehead atoms. The molecule has 0 saturated carbocycles. The van der Waals surface area contributed by atoms with Gasteiger partial charge in [-0.3, -0.25) is 9.69 Å². The van der Waals surface area contributed by atoms with Gasteiger partial charge in [-0.1, -0.05) is 38.1 Å². The Labute approximate surface area is 102 Å². The molecule has 1 N–H and O–H groups in total. The largest absolute Gasteiger partial charge is 0.480 e. The molecule has 1 aromatic carbocycles. The molecule has 1 aliphatic carbocycles. The topological polar surface area (TPSA) is 40.5 Å². The van der Waals surface area contributed by atoms with Crippen molar-refractivity contribution in [1.29, 1.82) is 0 Å². The van der Waals surface area contributed by atoms with Crippen LogP contribution in [0.25, 0.3) is 0 Å². The lowest BCUT2D eigenvalue weighted by Crippen LogP contribution is -2.55. The number of nitrogens with zero attached hydrogens (tertiary/aromatic N) is 1. The summed E-state index contributed by atoms with van der Waals surface area (Å²) in [6, 6.07) is 8.06. The minimum atomic E-state index is -0.729. The number of fused-ring (bicyclic) bond motifs is 1. The summed E-state index contributed by atoms with van der Waals surface area (Å²) in [7, 11) is 0. The highest BCUT2D eigenvalue weighted by molar-refractivity contribution is 5.81. The van der Waals surface area contributed by atoms with E-state index in [1.807, 2.05) is 38.1 Å². The predicted molar refractivity (Wildman–Crippen MR) is 67.1 cm³/mol. The SMILES string of the molecule is CCN(CC)C1(C(=O)O)Cc2ccccc2C1. The summed E-state index contributed by atoms with van der Waals surface area (Å²) in [5.41, 5.74) is 1.64. The first-order valence-corrected chi connectivity index (χ1v) is 6.19. The van der Waals surface area contributed by atoms with Crippen molar-refractivity contribution in [2.45, 2.75) is 32.2 Å². The summed E-state index contributed by atoms with van der Waals surface area (Å²) in [6.07, 6.45) is 1.25. The van der Waals surface area contributed by atoms with E-state index in [0.29, 0.717) is 12.8 Å². The Morgan fingerprint density at radius 1 is 1.24 bits per heavy atom. The lowest BCUT2D eigenvalue weighted by Gasteiger charge is -2.36. The van der Waals surface area contributed by atoms with Gasteiger partial charge in [0.15, 0.2) is 0 Å². The standard InChI is InChI=1S/C14H19NO2/c1-3-15(4-2)14(13(16)17)9-11-7-5-6-8-12(11)10-14/h5-8H,3-4,9-10H2,1-2H3,(H,16,17). The second-order valence-corrected chi connectivity index (χ2v) is 4.63. The molecule has 17 heavy (non-hydrogen) atoms. The van der Waals surface area contributed by atoms with Crippen LogP contribution in [-0.2, 0) is 17.6 Å². The van der Waals surface area contributed by atoms with E-state index < -0.39 is 11.5 Å². The number of carbonyl (C=O) groups is 1. The smallest absolute Gasteiger partial charge is 0.324 e. The van der Waals surface area contributed by atoms with Crippen LogP contribution in [0.4, 0.5) is 0 Å². The van der Waals surface area contributed by atoms with Crippen molar-refractivity contribution in [3.8, 4) is 0 Å². The van der Waals surface area contributed by atoms with Crippen molar-refractivity contribution in [2.24, 2.45) is 0 Å². The average Bonchev–Trinajstić information content (AvgIpc) is 2.71. The number of benzene rings is 1. The van der Waals surface area contributed by atoms with Crippen molar-refractivity contribution >= 4 is 5.97 Å². The maximum absolute atomic E-state index is 11.7. The van der Waals surface area contributed by atoms with Crippen molar-refractivity contribution in [3.05, 3.63) is 35.4 Å². The predicted octanol–water partition coefficient (Wildman–Crippen LogP) is 1.95. The maximum atomic E-state index is 11.7. The molecule has 0 unspecified atom stereocenters. The Hall–Kier alpha value is -1.35. The number of hydrogen-bond acceptors (Lipinski definition) is 2. The Morgan fingerprint density at radius 2 is 1.71 bits per heavy atom. The third-order valence-electron chi connectivity index (χ3n) is 3.85. The first-order chi connectivity index (χ1) is 8.14. The van der Waals surface area contributed by atoms with E-state index in [0.717, 1.165) is 13.1 Å². The van der Waals surface area contributed by atoms with Crippen molar-refractivity contribution in [3.63, 3.8) is 0 Å². The van der Waals surface area contributed by atoms with Crippen LogP contribution in [-0.4, -0.2) is 34.6 Å². The number of likely N-dealkylation sites (N-methyl/N-ethyl adjacent to an activating group) is 1. The van der Waals surface area contributed by atoms with E-state index in [9.17, 15) is 9.90 Å². The number of carboxylic acid groups (broad SMARTS) is 1. The van der Waals surface area contributed by atoms with Crippen LogP contribution in [0.3, 0.4) is 0 Å². The van der Waals surface area contributed by atoms with E-state index in [4.69, 9.17) is 0 Å². The third kappa shape index (κ3) is 1.84. The van der Waals surface area contributed by atoms with Crippen molar-refractivity contribution in [2.75, 3.05) is 13.1 Å². The van der Waals surface area contributed by atoms with Crippen LogP contribution >= 0.6 is 0 Å². The van der Waals surface area contributed by atoms with Gasteiger partial charge in [0.1, 0.15) is 5.54 Å². The van der Waals surface area contributed by atoms with Gasteiger partial charge in [0.25, 0.3) is 0 Å². The molecule has 0 atom stereocenters. The highest BCUT2D eigenvalue weighted by atomic mass is 16.4. The zero-order chi connectivity index (χ0) is 12.5.